The molecule has 8 heteroatoms. The van der Waals surface area contributed by atoms with Crippen LogP contribution in [0.2, 0.25) is 0 Å². The van der Waals surface area contributed by atoms with Gasteiger partial charge in [-0.3, -0.25) is 28.0 Å². The van der Waals surface area contributed by atoms with Crippen LogP contribution in [-0.4, -0.2) is 35.7 Å². The Morgan fingerprint density at radius 2 is 0.800 bits per heavy atom. The summed E-state index contributed by atoms with van der Waals surface area (Å²) in [6.45, 7) is 0. The molecule has 0 radical (unpaired) electrons. The molecule has 3 atom stereocenters. The number of Topliss-reactive ketones (excluding diaryl/α,β-unsaturated/α-hetero) is 3. The van der Waals surface area contributed by atoms with Gasteiger partial charge in [0.15, 0.2) is 17.3 Å². The maximum absolute atomic E-state index is 14.0. The SMILES string of the molecule is O=C1c2ccccc2CC1OP(=O)(OC1Cc2ccccc2C1=O)OC1Cc2ccccc2C1=O. The van der Waals surface area contributed by atoms with Crippen LogP contribution < -0.4 is 0 Å². The molecule has 0 saturated carbocycles. The second-order valence-electron chi connectivity index (χ2n) is 8.91. The minimum absolute atomic E-state index is 0.198. The van der Waals surface area contributed by atoms with Crippen molar-refractivity contribution in [2.24, 2.45) is 0 Å². The van der Waals surface area contributed by atoms with E-state index in [1.165, 1.54) is 0 Å². The van der Waals surface area contributed by atoms with Gasteiger partial charge in [-0.25, -0.2) is 4.57 Å². The minimum atomic E-state index is -4.53. The summed E-state index contributed by atoms with van der Waals surface area (Å²) in [5, 5.41) is 0. The molecule has 0 spiro atoms. The van der Waals surface area contributed by atoms with Crippen molar-refractivity contribution in [3.8, 4) is 0 Å². The van der Waals surface area contributed by atoms with Crippen LogP contribution in [0, 0.1) is 0 Å². The Bertz CT molecular complexity index is 1260. The van der Waals surface area contributed by atoms with Crippen LogP contribution in [0.4, 0.5) is 0 Å². The van der Waals surface area contributed by atoms with Gasteiger partial charge in [-0.15, -0.1) is 0 Å². The molecule has 6 rings (SSSR count). The number of carbonyl (C=O) groups is 3. The van der Waals surface area contributed by atoms with Crippen molar-refractivity contribution in [1.82, 2.24) is 0 Å². The Morgan fingerprint density at radius 3 is 1.09 bits per heavy atom. The van der Waals surface area contributed by atoms with Crippen LogP contribution in [0.5, 0.6) is 0 Å². The van der Waals surface area contributed by atoms with Gasteiger partial charge in [0.2, 0.25) is 0 Å². The van der Waals surface area contributed by atoms with Gasteiger partial charge in [0.1, 0.15) is 18.3 Å². The van der Waals surface area contributed by atoms with E-state index in [0.717, 1.165) is 16.7 Å². The van der Waals surface area contributed by atoms with Gasteiger partial charge in [-0.2, -0.15) is 0 Å². The Labute approximate surface area is 201 Å². The summed E-state index contributed by atoms with van der Waals surface area (Å²) < 4.78 is 31.4. The molecule has 0 aliphatic heterocycles. The first-order valence-electron chi connectivity index (χ1n) is 11.4. The van der Waals surface area contributed by atoms with E-state index in [-0.39, 0.29) is 36.6 Å². The van der Waals surface area contributed by atoms with E-state index in [4.69, 9.17) is 13.6 Å². The number of hydrogen-bond donors (Lipinski definition) is 0. The number of phosphoric acid groups is 1. The monoisotopic (exact) mass is 488 g/mol. The number of ketones is 3. The van der Waals surface area contributed by atoms with Crippen LogP contribution in [0.1, 0.15) is 47.8 Å². The predicted octanol–water partition coefficient (Wildman–Crippen LogP) is 4.57. The standard InChI is InChI=1S/C27H21O7P/c28-25-19-10-4-1-7-16(19)13-22(25)32-35(31,33-23-14-17-8-2-5-11-20(17)26(23)29)34-24-15-18-9-3-6-12-21(18)27(24)30/h1-12,22-24H,13-15H2. The third-order valence-electron chi connectivity index (χ3n) is 6.71. The highest BCUT2D eigenvalue weighted by molar-refractivity contribution is 7.48. The average Bonchev–Trinajstić information content (AvgIpc) is 3.46. The molecular weight excluding hydrogens is 467 g/mol. The topological polar surface area (TPSA) is 96.0 Å². The zero-order valence-electron chi connectivity index (χ0n) is 18.6. The van der Waals surface area contributed by atoms with E-state index in [1.807, 2.05) is 18.2 Å². The molecule has 3 aliphatic rings. The van der Waals surface area contributed by atoms with Gasteiger partial charge in [0, 0.05) is 36.0 Å². The third-order valence-corrected chi connectivity index (χ3v) is 8.25. The molecule has 0 amide bonds. The summed E-state index contributed by atoms with van der Waals surface area (Å²) in [5.74, 6) is -1.01. The van der Waals surface area contributed by atoms with Gasteiger partial charge in [-0.1, -0.05) is 72.8 Å². The summed E-state index contributed by atoms with van der Waals surface area (Å²) >= 11 is 0. The van der Waals surface area contributed by atoms with E-state index in [9.17, 15) is 18.9 Å². The van der Waals surface area contributed by atoms with Crippen LogP contribution >= 0.6 is 7.82 Å². The number of carbonyl (C=O) groups excluding carboxylic acids is 3. The first kappa shape index (κ1) is 22.3. The number of hydrogen-bond acceptors (Lipinski definition) is 7. The first-order valence-corrected chi connectivity index (χ1v) is 12.9. The summed E-state index contributed by atoms with van der Waals surface area (Å²) in [6, 6.07) is 21.1. The van der Waals surface area contributed by atoms with Crippen molar-refractivity contribution >= 4 is 25.2 Å². The van der Waals surface area contributed by atoms with Crippen LogP contribution in [-0.2, 0) is 37.4 Å². The summed E-state index contributed by atoms with van der Waals surface area (Å²) in [4.78, 5) is 38.8. The van der Waals surface area contributed by atoms with Gasteiger partial charge in [0.05, 0.1) is 0 Å². The zero-order valence-corrected chi connectivity index (χ0v) is 19.5. The average molecular weight is 488 g/mol. The molecule has 3 aromatic carbocycles. The Balaban J connectivity index is 1.28. The van der Waals surface area contributed by atoms with Crippen LogP contribution in [0.25, 0.3) is 0 Å². The van der Waals surface area contributed by atoms with Gasteiger partial charge in [0.25, 0.3) is 0 Å². The van der Waals surface area contributed by atoms with E-state index in [2.05, 4.69) is 0 Å². The van der Waals surface area contributed by atoms with Crippen molar-refractivity contribution in [2.75, 3.05) is 0 Å². The second kappa shape index (κ2) is 8.47. The van der Waals surface area contributed by atoms with Crippen molar-refractivity contribution in [2.45, 2.75) is 37.6 Å². The van der Waals surface area contributed by atoms with Crippen molar-refractivity contribution in [3.63, 3.8) is 0 Å². The molecule has 0 N–H and O–H groups in total. The van der Waals surface area contributed by atoms with E-state index >= 15 is 0 Å². The maximum Gasteiger partial charge on any atom is 0.476 e. The molecule has 0 saturated heterocycles. The number of phosphoric ester groups is 1. The normalized spacial score (nSPS) is 24.2. The highest BCUT2D eigenvalue weighted by Crippen LogP contribution is 2.56. The highest BCUT2D eigenvalue weighted by atomic mass is 31.2. The molecule has 7 nitrogen and oxygen atoms in total. The van der Waals surface area contributed by atoms with Gasteiger partial charge >= 0.3 is 7.82 Å². The fourth-order valence-electron chi connectivity index (χ4n) is 5.01. The van der Waals surface area contributed by atoms with E-state index in [0.29, 0.717) is 16.7 Å². The molecule has 3 aliphatic carbocycles. The molecule has 0 aromatic heterocycles. The molecular formula is C27H21O7P. The lowest BCUT2D eigenvalue weighted by Crippen LogP contribution is -2.28. The Kier molecular flexibility index (Phi) is 5.38. The summed E-state index contributed by atoms with van der Waals surface area (Å²) in [5.41, 5.74) is 3.75. The van der Waals surface area contributed by atoms with Crippen molar-refractivity contribution in [3.05, 3.63) is 106 Å². The maximum atomic E-state index is 14.0. The van der Waals surface area contributed by atoms with E-state index in [1.54, 1.807) is 54.6 Å². The largest absolute Gasteiger partial charge is 0.476 e. The van der Waals surface area contributed by atoms with Crippen LogP contribution in [0.3, 0.4) is 0 Å². The molecule has 176 valence electrons. The Hall–Kier alpha value is -3.22. The minimum Gasteiger partial charge on any atom is -0.291 e. The molecule has 35 heavy (non-hydrogen) atoms. The van der Waals surface area contributed by atoms with Crippen molar-refractivity contribution < 1.29 is 32.5 Å². The quantitative estimate of drug-likeness (QED) is 0.469. The van der Waals surface area contributed by atoms with Gasteiger partial charge < -0.3 is 0 Å². The van der Waals surface area contributed by atoms with Gasteiger partial charge in [-0.05, 0) is 16.7 Å². The first-order chi connectivity index (χ1) is 16.9. The van der Waals surface area contributed by atoms with Crippen LogP contribution in [0.15, 0.2) is 72.8 Å². The third kappa shape index (κ3) is 3.91. The lowest BCUT2D eigenvalue weighted by Gasteiger charge is -2.25. The summed E-state index contributed by atoms with van der Waals surface area (Å²) in [7, 11) is -4.53. The smallest absolute Gasteiger partial charge is 0.291 e. The van der Waals surface area contributed by atoms with E-state index < -0.39 is 26.1 Å². The lowest BCUT2D eigenvalue weighted by molar-refractivity contribution is 0.0315. The lowest BCUT2D eigenvalue weighted by atomic mass is 10.1. The van der Waals surface area contributed by atoms with Crippen molar-refractivity contribution in [1.29, 1.82) is 0 Å². The molecule has 0 heterocycles. The summed E-state index contributed by atoms with van der Waals surface area (Å²) in [6.07, 6.45) is -2.71. The number of benzene rings is 3. The molecule has 0 bridgehead atoms. The molecule has 0 fully saturated rings. The zero-order chi connectivity index (χ0) is 24.2. The highest BCUT2D eigenvalue weighted by Gasteiger charge is 2.47. The molecule has 3 unspecified atom stereocenters. The number of fused-ring (bicyclic) bond motifs is 3. The molecule has 3 aromatic rings. The predicted molar refractivity (Wildman–Crippen MR) is 126 cm³/mol. The Morgan fingerprint density at radius 1 is 0.514 bits per heavy atom. The number of rotatable bonds is 6. The fourth-order valence-corrected chi connectivity index (χ4v) is 6.61. The second-order valence-corrected chi connectivity index (χ2v) is 10.4. The fraction of sp³-hybridized carbons (Fsp3) is 0.222.